The predicted octanol–water partition coefficient (Wildman–Crippen LogP) is 2.72. The van der Waals surface area contributed by atoms with Gasteiger partial charge in [-0.25, -0.2) is 0 Å². The van der Waals surface area contributed by atoms with E-state index in [4.69, 9.17) is 4.74 Å². The Morgan fingerprint density at radius 1 is 1.19 bits per heavy atom. The molecule has 0 heterocycles. The van der Waals surface area contributed by atoms with Gasteiger partial charge in [0.15, 0.2) is 0 Å². The molecule has 0 aliphatic heterocycles. The maximum absolute atomic E-state index is 9.79. The molecule has 0 aromatic heterocycles. The Kier molecular flexibility index (Phi) is 6.12. The molecule has 0 fully saturated rings. The predicted molar refractivity (Wildman–Crippen MR) is 66.6 cm³/mol. The number of rotatable bonds is 7. The molecule has 2 heteroatoms. The van der Waals surface area contributed by atoms with Crippen molar-refractivity contribution < 1.29 is 9.84 Å². The van der Waals surface area contributed by atoms with Crippen LogP contribution < -0.4 is 0 Å². The molecule has 1 atom stereocenters. The molecule has 0 saturated carbocycles. The van der Waals surface area contributed by atoms with Gasteiger partial charge in [0.2, 0.25) is 0 Å². The van der Waals surface area contributed by atoms with Gasteiger partial charge >= 0.3 is 0 Å². The fourth-order valence-corrected chi connectivity index (χ4v) is 1.56. The van der Waals surface area contributed by atoms with Crippen molar-refractivity contribution in [1.82, 2.24) is 0 Å². The number of hydrogen-bond acceptors (Lipinski definition) is 2. The van der Waals surface area contributed by atoms with Gasteiger partial charge in [-0.2, -0.15) is 0 Å². The van der Waals surface area contributed by atoms with Crippen LogP contribution in [0.25, 0.3) is 0 Å². The molecule has 90 valence electrons. The standard InChI is InChI=1S/C14H22O2/c1-3-9-16-10-8-14(15)11-13-6-4-12(2)5-7-13/h4-7,14-15H,3,8-11H2,1-2H3. The van der Waals surface area contributed by atoms with Crippen molar-refractivity contribution in [2.24, 2.45) is 0 Å². The Bertz CT molecular complexity index is 279. The van der Waals surface area contributed by atoms with Gasteiger partial charge in [0.05, 0.1) is 6.10 Å². The van der Waals surface area contributed by atoms with Gasteiger partial charge in [0.1, 0.15) is 0 Å². The van der Waals surface area contributed by atoms with Gasteiger partial charge in [0.25, 0.3) is 0 Å². The average molecular weight is 222 g/mol. The maximum Gasteiger partial charge on any atom is 0.0602 e. The van der Waals surface area contributed by atoms with Crippen molar-refractivity contribution in [2.45, 2.75) is 39.2 Å². The zero-order valence-electron chi connectivity index (χ0n) is 10.3. The van der Waals surface area contributed by atoms with Crippen molar-refractivity contribution in [3.8, 4) is 0 Å². The number of aliphatic hydroxyl groups excluding tert-OH is 1. The van der Waals surface area contributed by atoms with E-state index in [1.807, 2.05) is 0 Å². The van der Waals surface area contributed by atoms with Crippen LogP contribution in [-0.2, 0) is 11.2 Å². The van der Waals surface area contributed by atoms with Crippen LogP contribution in [0.3, 0.4) is 0 Å². The Balaban J connectivity index is 2.23. The first-order valence-electron chi connectivity index (χ1n) is 6.03. The lowest BCUT2D eigenvalue weighted by Gasteiger charge is -2.10. The van der Waals surface area contributed by atoms with Crippen LogP contribution in [-0.4, -0.2) is 24.4 Å². The summed E-state index contributed by atoms with van der Waals surface area (Å²) in [7, 11) is 0. The fraction of sp³-hybridized carbons (Fsp3) is 0.571. The highest BCUT2D eigenvalue weighted by Gasteiger charge is 2.05. The van der Waals surface area contributed by atoms with Gasteiger partial charge < -0.3 is 9.84 Å². The van der Waals surface area contributed by atoms with E-state index in [2.05, 4.69) is 38.1 Å². The summed E-state index contributed by atoms with van der Waals surface area (Å²) >= 11 is 0. The summed E-state index contributed by atoms with van der Waals surface area (Å²) in [4.78, 5) is 0. The summed E-state index contributed by atoms with van der Waals surface area (Å²) in [5.41, 5.74) is 2.44. The van der Waals surface area contributed by atoms with E-state index in [1.165, 1.54) is 11.1 Å². The summed E-state index contributed by atoms with van der Waals surface area (Å²) in [6.07, 6.45) is 2.18. The number of aryl methyl sites for hydroxylation is 1. The lowest BCUT2D eigenvalue weighted by atomic mass is 10.0. The third-order valence-corrected chi connectivity index (χ3v) is 2.54. The molecular formula is C14H22O2. The largest absolute Gasteiger partial charge is 0.393 e. The van der Waals surface area contributed by atoms with E-state index in [9.17, 15) is 5.11 Å². The minimum Gasteiger partial charge on any atom is -0.393 e. The van der Waals surface area contributed by atoms with Crippen molar-refractivity contribution in [3.63, 3.8) is 0 Å². The van der Waals surface area contributed by atoms with Gasteiger partial charge in [0, 0.05) is 13.2 Å². The van der Waals surface area contributed by atoms with Crippen LogP contribution in [0.15, 0.2) is 24.3 Å². The summed E-state index contributed by atoms with van der Waals surface area (Å²) in [5.74, 6) is 0. The molecule has 0 radical (unpaired) electrons. The normalized spacial score (nSPS) is 12.7. The SMILES string of the molecule is CCCOCCC(O)Cc1ccc(C)cc1. The lowest BCUT2D eigenvalue weighted by Crippen LogP contribution is -2.13. The molecule has 0 saturated heterocycles. The first-order valence-corrected chi connectivity index (χ1v) is 6.03. The molecule has 1 aromatic rings. The molecule has 1 N–H and O–H groups in total. The Morgan fingerprint density at radius 2 is 1.88 bits per heavy atom. The highest BCUT2D eigenvalue weighted by molar-refractivity contribution is 5.21. The first kappa shape index (κ1) is 13.2. The maximum atomic E-state index is 9.79. The van der Waals surface area contributed by atoms with Gasteiger partial charge in [-0.3, -0.25) is 0 Å². The van der Waals surface area contributed by atoms with Crippen LogP contribution in [0.2, 0.25) is 0 Å². The summed E-state index contributed by atoms with van der Waals surface area (Å²) in [6, 6.07) is 8.31. The van der Waals surface area contributed by atoms with E-state index < -0.39 is 0 Å². The number of benzene rings is 1. The Hall–Kier alpha value is -0.860. The van der Waals surface area contributed by atoms with E-state index >= 15 is 0 Å². The van der Waals surface area contributed by atoms with Crippen LogP contribution in [0.5, 0.6) is 0 Å². The zero-order chi connectivity index (χ0) is 11.8. The molecular weight excluding hydrogens is 200 g/mol. The van der Waals surface area contributed by atoms with E-state index in [0.717, 1.165) is 19.4 Å². The van der Waals surface area contributed by atoms with Crippen LogP contribution in [0, 0.1) is 6.92 Å². The molecule has 0 amide bonds. The van der Waals surface area contributed by atoms with Crippen molar-refractivity contribution in [3.05, 3.63) is 35.4 Å². The zero-order valence-corrected chi connectivity index (χ0v) is 10.3. The van der Waals surface area contributed by atoms with Crippen molar-refractivity contribution >= 4 is 0 Å². The van der Waals surface area contributed by atoms with E-state index in [1.54, 1.807) is 0 Å². The average Bonchev–Trinajstić information content (AvgIpc) is 2.28. The summed E-state index contributed by atoms with van der Waals surface area (Å²) < 4.78 is 5.35. The van der Waals surface area contributed by atoms with Crippen LogP contribution >= 0.6 is 0 Å². The van der Waals surface area contributed by atoms with E-state index in [-0.39, 0.29) is 6.10 Å². The Labute approximate surface area is 98.3 Å². The van der Waals surface area contributed by atoms with Gasteiger partial charge in [-0.15, -0.1) is 0 Å². The second-order valence-electron chi connectivity index (χ2n) is 4.24. The highest BCUT2D eigenvalue weighted by Crippen LogP contribution is 2.08. The van der Waals surface area contributed by atoms with Crippen molar-refractivity contribution in [2.75, 3.05) is 13.2 Å². The lowest BCUT2D eigenvalue weighted by molar-refractivity contribution is 0.0824. The molecule has 0 aliphatic carbocycles. The second-order valence-corrected chi connectivity index (χ2v) is 4.24. The number of ether oxygens (including phenoxy) is 1. The number of aliphatic hydroxyl groups is 1. The minimum atomic E-state index is -0.292. The van der Waals surface area contributed by atoms with Gasteiger partial charge in [-0.1, -0.05) is 36.8 Å². The van der Waals surface area contributed by atoms with E-state index in [0.29, 0.717) is 13.0 Å². The monoisotopic (exact) mass is 222 g/mol. The minimum absolute atomic E-state index is 0.292. The molecule has 0 bridgehead atoms. The molecule has 2 nitrogen and oxygen atoms in total. The number of hydrogen-bond donors (Lipinski definition) is 1. The Morgan fingerprint density at radius 3 is 2.50 bits per heavy atom. The molecule has 0 aliphatic rings. The molecule has 16 heavy (non-hydrogen) atoms. The topological polar surface area (TPSA) is 29.5 Å². The smallest absolute Gasteiger partial charge is 0.0602 e. The molecule has 1 rings (SSSR count). The van der Waals surface area contributed by atoms with Crippen molar-refractivity contribution in [1.29, 1.82) is 0 Å². The van der Waals surface area contributed by atoms with Crippen LogP contribution in [0.4, 0.5) is 0 Å². The highest BCUT2D eigenvalue weighted by atomic mass is 16.5. The summed E-state index contributed by atoms with van der Waals surface area (Å²) in [6.45, 7) is 5.60. The van der Waals surface area contributed by atoms with Gasteiger partial charge in [-0.05, 0) is 31.7 Å². The second kappa shape index (κ2) is 7.42. The quantitative estimate of drug-likeness (QED) is 0.719. The fourth-order valence-electron chi connectivity index (χ4n) is 1.56. The third-order valence-electron chi connectivity index (χ3n) is 2.54. The van der Waals surface area contributed by atoms with Crippen LogP contribution in [0.1, 0.15) is 30.9 Å². The third kappa shape index (κ3) is 5.29. The molecule has 1 unspecified atom stereocenters. The first-order chi connectivity index (χ1) is 7.72. The summed E-state index contributed by atoms with van der Waals surface area (Å²) in [5, 5.41) is 9.79. The molecule has 1 aromatic carbocycles. The molecule has 0 spiro atoms.